The lowest BCUT2D eigenvalue weighted by Gasteiger charge is -2.17. The van der Waals surface area contributed by atoms with Gasteiger partial charge in [-0.25, -0.2) is 4.98 Å². The molecule has 1 aromatic carbocycles. The normalized spacial score (nSPS) is 11.9. The zero-order valence-corrected chi connectivity index (χ0v) is 11.1. The summed E-state index contributed by atoms with van der Waals surface area (Å²) in [6.07, 6.45) is 0. The molecule has 0 aliphatic carbocycles. The number of anilines is 1. The van der Waals surface area contributed by atoms with E-state index in [-0.39, 0.29) is 23.3 Å². The molecule has 1 atom stereocenters. The number of pyridine rings is 1. The van der Waals surface area contributed by atoms with E-state index in [2.05, 4.69) is 10.3 Å². The van der Waals surface area contributed by atoms with Crippen LogP contribution in [0.1, 0.15) is 11.6 Å². The van der Waals surface area contributed by atoms with Crippen molar-refractivity contribution in [1.29, 1.82) is 0 Å². The predicted octanol–water partition coefficient (Wildman–Crippen LogP) is 2.79. The SMILES string of the molecule is O=[N+]([O-])c1ccc(Cl)nc1NC(CO)c1ccccc1. The van der Waals surface area contributed by atoms with Crippen LogP contribution < -0.4 is 5.32 Å². The Hall–Kier alpha value is -2.18. The summed E-state index contributed by atoms with van der Waals surface area (Å²) in [6.45, 7) is -0.227. The molecule has 0 aliphatic heterocycles. The first-order valence-electron chi connectivity index (χ1n) is 5.85. The molecule has 2 N–H and O–H groups in total. The van der Waals surface area contributed by atoms with Gasteiger partial charge >= 0.3 is 5.69 Å². The molecule has 2 aromatic rings. The highest BCUT2D eigenvalue weighted by atomic mass is 35.5. The van der Waals surface area contributed by atoms with Gasteiger partial charge in [0.05, 0.1) is 17.6 Å². The number of nitro groups is 1. The van der Waals surface area contributed by atoms with Gasteiger partial charge in [-0.15, -0.1) is 0 Å². The van der Waals surface area contributed by atoms with Crippen LogP contribution in [0.4, 0.5) is 11.5 Å². The molecule has 0 saturated heterocycles. The first kappa shape index (κ1) is 14.2. The quantitative estimate of drug-likeness (QED) is 0.503. The molecule has 0 spiro atoms. The monoisotopic (exact) mass is 293 g/mol. The summed E-state index contributed by atoms with van der Waals surface area (Å²) in [5.74, 6) is 0.0328. The number of aliphatic hydroxyl groups is 1. The lowest BCUT2D eigenvalue weighted by atomic mass is 10.1. The molecule has 1 unspecified atom stereocenters. The van der Waals surface area contributed by atoms with Gasteiger partial charge in [-0.05, 0) is 11.6 Å². The van der Waals surface area contributed by atoms with Crippen molar-refractivity contribution in [3.63, 3.8) is 0 Å². The number of benzene rings is 1. The van der Waals surface area contributed by atoms with Gasteiger partial charge in [0, 0.05) is 6.07 Å². The Bertz CT molecular complexity index is 607. The van der Waals surface area contributed by atoms with Crippen LogP contribution in [0.5, 0.6) is 0 Å². The number of aliphatic hydroxyl groups excluding tert-OH is 1. The third-order valence-corrected chi connectivity index (χ3v) is 2.94. The fraction of sp³-hybridized carbons (Fsp3) is 0.154. The number of hydrogen-bond acceptors (Lipinski definition) is 5. The van der Waals surface area contributed by atoms with E-state index in [0.29, 0.717) is 0 Å². The van der Waals surface area contributed by atoms with Gasteiger partial charge in [-0.1, -0.05) is 41.9 Å². The van der Waals surface area contributed by atoms with Gasteiger partial charge in [0.15, 0.2) is 0 Å². The maximum Gasteiger partial charge on any atom is 0.311 e. The van der Waals surface area contributed by atoms with E-state index in [4.69, 9.17) is 11.6 Å². The minimum atomic E-state index is -0.551. The van der Waals surface area contributed by atoms with Crippen molar-refractivity contribution in [2.45, 2.75) is 6.04 Å². The largest absolute Gasteiger partial charge is 0.394 e. The standard InChI is InChI=1S/C13H12ClN3O3/c14-12-7-6-11(17(19)20)13(16-12)15-10(8-18)9-4-2-1-3-5-9/h1-7,10,18H,8H2,(H,15,16). The second kappa shape index (κ2) is 6.31. The second-order valence-corrected chi connectivity index (χ2v) is 4.44. The van der Waals surface area contributed by atoms with Crippen molar-refractivity contribution < 1.29 is 10.0 Å². The maximum atomic E-state index is 11.0. The summed E-state index contributed by atoms with van der Waals surface area (Å²) in [4.78, 5) is 14.3. The van der Waals surface area contributed by atoms with E-state index in [9.17, 15) is 15.2 Å². The summed E-state index contributed by atoms with van der Waals surface area (Å²) in [7, 11) is 0. The number of halogens is 1. The molecule has 1 heterocycles. The maximum absolute atomic E-state index is 11.0. The highest BCUT2D eigenvalue weighted by molar-refractivity contribution is 6.29. The minimum absolute atomic E-state index is 0.0328. The average molecular weight is 294 g/mol. The lowest BCUT2D eigenvalue weighted by Crippen LogP contribution is -2.16. The smallest absolute Gasteiger partial charge is 0.311 e. The van der Waals surface area contributed by atoms with Gasteiger partial charge in [0.25, 0.3) is 0 Å². The molecule has 0 amide bonds. The van der Waals surface area contributed by atoms with Crippen LogP contribution in [-0.2, 0) is 0 Å². The highest BCUT2D eigenvalue weighted by Crippen LogP contribution is 2.27. The number of nitrogens with one attached hydrogen (secondary N) is 1. The van der Waals surface area contributed by atoms with Crippen LogP contribution in [0.25, 0.3) is 0 Å². The van der Waals surface area contributed by atoms with Gasteiger partial charge in [-0.2, -0.15) is 0 Å². The van der Waals surface area contributed by atoms with Gasteiger partial charge in [-0.3, -0.25) is 10.1 Å². The van der Waals surface area contributed by atoms with E-state index < -0.39 is 11.0 Å². The van der Waals surface area contributed by atoms with Crippen molar-refractivity contribution in [3.05, 3.63) is 63.3 Å². The van der Waals surface area contributed by atoms with Crippen LogP contribution in [0.3, 0.4) is 0 Å². The van der Waals surface area contributed by atoms with Crippen molar-refractivity contribution in [2.75, 3.05) is 11.9 Å². The number of rotatable bonds is 5. The summed E-state index contributed by atoms with van der Waals surface area (Å²) >= 11 is 5.76. The van der Waals surface area contributed by atoms with Crippen LogP contribution >= 0.6 is 11.6 Å². The zero-order valence-electron chi connectivity index (χ0n) is 10.4. The molecule has 7 heteroatoms. The molecule has 0 aliphatic rings. The molecule has 20 heavy (non-hydrogen) atoms. The van der Waals surface area contributed by atoms with Crippen LogP contribution in [0.2, 0.25) is 5.15 Å². The molecule has 0 bridgehead atoms. The van der Waals surface area contributed by atoms with E-state index in [1.807, 2.05) is 30.3 Å². The van der Waals surface area contributed by atoms with Crippen LogP contribution in [0, 0.1) is 10.1 Å². The van der Waals surface area contributed by atoms with Crippen molar-refractivity contribution >= 4 is 23.1 Å². The van der Waals surface area contributed by atoms with Crippen LogP contribution in [0.15, 0.2) is 42.5 Å². The Morgan fingerprint density at radius 1 is 1.30 bits per heavy atom. The molecule has 2 rings (SSSR count). The summed E-state index contributed by atoms with van der Waals surface area (Å²) in [6, 6.07) is 11.2. The molecule has 0 fully saturated rings. The van der Waals surface area contributed by atoms with Gasteiger partial charge in [0.1, 0.15) is 5.15 Å². The molecule has 6 nitrogen and oxygen atoms in total. The fourth-order valence-electron chi connectivity index (χ4n) is 1.77. The third-order valence-electron chi connectivity index (χ3n) is 2.73. The molecule has 0 saturated carbocycles. The van der Waals surface area contributed by atoms with Crippen LogP contribution in [-0.4, -0.2) is 21.6 Å². The lowest BCUT2D eigenvalue weighted by molar-refractivity contribution is -0.384. The Morgan fingerprint density at radius 3 is 2.60 bits per heavy atom. The van der Waals surface area contributed by atoms with E-state index in [1.165, 1.54) is 12.1 Å². The first-order valence-corrected chi connectivity index (χ1v) is 6.23. The predicted molar refractivity (Wildman–Crippen MR) is 75.8 cm³/mol. The number of aromatic nitrogens is 1. The van der Waals surface area contributed by atoms with Crippen molar-refractivity contribution in [3.8, 4) is 0 Å². The van der Waals surface area contributed by atoms with Crippen molar-refractivity contribution in [2.24, 2.45) is 0 Å². The summed E-state index contributed by atoms with van der Waals surface area (Å²) < 4.78 is 0. The topological polar surface area (TPSA) is 88.3 Å². The molecule has 0 radical (unpaired) electrons. The minimum Gasteiger partial charge on any atom is -0.394 e. The molecular formula is C13H12ClN3O3. The van der Waals surface area contributed by atoms with E-state index in [0.717, 1.165) is 5.56 Å². The summed E-state index contributed by atoms with van der Waals surface area (Å²) in [5, 5.41) is 23.4. The molecule has 104 valence electrons. The Balaban J connectivity index is 2.32. The van der Waals surface area contributed by atoms with Gasteiger partial charge in [0.2, 0.25) is 5.82 Å². The molecule has 1 aromatic heterocycles. The Labute approximate surface area is 120 Å². The fourth-order valence-corrected chi connectivity index (χ4v) is 1.91. The highest BCUT2D eigenvalue weighted by Gasteiger charge is 2.19. The van der Waals surface area contributed by atoms with E-state index >= 15 is 0 Å². The zero-order chi connectivity index (χ0) is 14.5. The Morgan fingerprint density at radius 2 is 2.00 bits per heavy atom. The van der Waals surface area contributed by atoms with E-state index in [1.54, 1.807) is 0 Å². The third kappa shape index (κ3) is 3.23. The second-order valence-electron chi connectivity index (χ2n) is 4.05. The molecular weight excluding hydrogens is 282 g/mol. The Kier molecular flexibility index (Phi) is 4.49. The average Bonchev–Trinajstić information content (AvgIpc) is 2.45. The van der Waals surface area contributed by atoms with Crippen molar-refractivity contribution in [1.82, 2.24) is 4.98 Å². The summed E-state index contributed by atoms with van der Waals surface area (Å²) in [5.41, 5.74) is 0.606. The van der Waals surface area contributed by atoms with Gasteiger partial charge < -0.3 is 10.4 Å². The number of nitrogens with zero attached hydrogens (tertiary/aromatic N) is 2. The number of hydrogen-bond donors (Lipinski definition) is 2. The first-order chi connectivity index (χ1) is 9.61.